The second kappa shape index (κ2) is 8.63. The van der Waals surface area contributed by atoms with Gasteiger partial charge < -0.3 is 10.1 Å². The molecule has 0 aliphatic carbocycles. The zero-order chi connectivity index (χ0) is 18.4. The Bertz CT molecular complexity index is 914. The van der Waals surface area contributed by atoms with Gasteiger partial charge in [-0.05, 0) is 24.3 Å². The first-order valence-corrected chi connectivity index (χ1v) is 8.91. The molecule has 0 aliphatic heterocycles. The third-order valence-corrected chi connectivity index (χ3v) is 4.64. The molecule has 0 radical (unpaired) electrons. The molecular formula is C21H17BrFNO2. The molecule has 3 aromatic carbocycles. The molecule has 0 saturated carbocycles. The topological polar surface area (TPSA) is 38.3 Å². The predicted octanol–water partition coefficient (Wildman–Crippen LogP) is 5.10. The molecule has 0 fully saturated rings. The quantitative estimate of drug-likeness (QED) is 0.610. The number of hydrogen-bond donors (Lipinski definition) is 1. The van der Waals surface area contributed by atoms with Gasteiger partial charge in [-0.1, -0.05) is 64.5 Å². The van der Waals surface area contributed by atoms with Crippen LogP contribution in [0.3, 0.4) is 0 Å². The molecule has 1 N–H and O–H groups in total. The zero-order valence-electron chi connectivity index (χ0n) is 13.9. The van der Waals surface area contributed by atoms with E-state index in [9.17, 15) is 9.18 Å². The molecule has 0 aromatic heterocycles. The molecule has 0 aliphatic rings. The molecule has 0 atom stereocenters. The van der Waals surface area contributed by atoms with E-state index in [0.29, 0.717) is 23.5 Å². The van der Waals surface area contributed by atoms with Crippen molar-refractivity contribution >= 4 is 21.8 Å². The highest BCUT2D eigenvalue weighted by atomic mass is 79.9. The average Bonchev–Trinajstić information content (AvgIpc) is 2.67. The summed E-state index contributed by atoms with van der Waals surface area (Å²) in [4.78, 5) is 12.5. The first kappa shape index (κ1) is 18.1. The third-order valence-electron chi connectivity index (χ3n) is 3.87. The van der Waals surface area contributed by atoms with Crippen LogP contribution in [0, 0.1) is 5.82 Å². The normalized spacial score (nSPS) is 10.4. The van der Waals surface area contributed by atoms with Gasteiger partial charge in [0.1, 0.15) is 18.2 Å². The molecule has 0 heterocycles. The van der Waals surface area contributed by atoms with Gasteiger partial charge in [0, 0.05) is 22.1 Å². The van der Waals surface area contributed by atoms with Gasteiger partial charge in [0.15, 0.2) is 0 Å². The molecule has 3 aromatic rings. The van der Waals surface area contributed by atoms with Gasteiger partial charge >= 0.3 is 0 Å². The van der Waals surface area contributed by atoms with E-state index in [-0.39, 0.29) is 18.3 Å². The van der Waals surface area contributed by atoms with Crippen molar-refractivity contribution in [3.63, 3.8) is 0 Å². The Hall–Kier alpha value is -2.66. The van der Waals surface area contributed by atoms with E-state index in [4.69, 9.17) is 4.74 Å². The van der Waals surface area contributed by atoms with E-state index in [2.05, 4.69) is 21.2 Å². The predicted molar refractivity (Wildman–Crippen MR) is 102 cm³/mol. The number of benzene rings is 3. The van der Waals surface area contributed by atoms with Gasteiger partial charge in [-0.25, -0.2) is 4.39 Å². The van der Waals surface area contributed by atoms with Gasteiger partial charge in [0.05, 0.1) is 5.56 Å². The summed E-state index contributed by atoms with van der Waals surface area (Å²) in [6.07, 6.45) is 0. The Morgan fingerprint density at radius 2 is 1.58 bits per heavy atom. The van der Waals surface area contributed by atoms with Gasteiger partial charge in [-0.3, -0.25) is 4.79 Å². The maximum absolute atomic E-state index is 13.7. The molecule has 0 bridgehead atoms. The molecule has 0 unspecified atom stereocenters. The zero-order valence-corrected chi connectivity index (χ0v) is 15.5. The monoisotopic (exact) mass is 413 g/mol. The number of rotatable bonds is 6. The van der Waals surface area contributed by atoms with Gasteiger partial charge in [0.25, 0.3) is 5.91 Å². The molecule has 3 rings (SSSR count). The summed E-state index contributed by atoms with van der Waals surface area (Å²) in [5.74, 6) is -0.170. The summed E-state index contributed by atoms with van der Waals surface area (Å²) in [7, 11) is 0. The number of ether oxygens (including phenoxy) is 1. The van der Waals surface area contributed by atoms with Crippen LogP contribution >= 0.6 is 15.9 Å². The van der Waals surface area contributed by atoms with Crippen LogP contribution < -0.4 is 10.1 Å². The Balaban J connectivity index is 1.69. The third kappa shape index (κ3) is 4.49. The largest absolute Gasteiger partial charge is 0.488 e. The van der Waals surface area contributed by atoms with Crippen LogP contribution in [-0.2, 0) is 13.2 Å². The standard InChI is InChI=1S/C21H17BrFNO2/c22-18-10-4-1-8-16(18)14-26-20-12-6-3-9-17(20)21(25)24-13-15-7-2-5-11-19(15)23/h1-12H,13-14H2,(H,24,25). The Morgan fingerprint density at radius 1 is 0.923 bits per heavy atom. The molecule has 132 valence electrons. The van der Waals surface area contributed by atoms with E-state index in [1.165, 1.54) is 6.07 Å². The van der Waals surface area contributed by atoms with Crippen LogP contribution in [-0.4, -0.2) is 5.91 Å². The second-order valence-electron chi connectivity index (χ2n) is 5.65. The van der Waals surface area contributed by atoms with E-state index in [0.717, 1.165) is 10.0 Å². The van der Waals surface area contributed by atoms with Crippen LogP contribution in [0.2, 0.25) is 0 Å². The fourth-order valence-corrected chi connectivity index (χ4v) is 2.86. The van der Waals surface area contributed by atoms with Crippen molar-refractivity contribution in [3.05, 3.63) is 99.8 Å². The summed E-state index contributed by atoms with van der Waals surface area (Å²) >= 11 is 3.48. The van der Waals surface area contributed by atoms with Crippen molar-refractivity contribution in [2.24, 2.45) is 0 Å². The lowest BCUT2D eigenvalue weighted by Gasteiger charge is -2.13. The Labute approximate surface area is 159 Å². The summed E-state index contributed by atoms with van der Waals surface area (Å²) in [6.45, 7) is 0.448. The number of hydrogen-bond acceptors (Lipinski definition) is 2. The van der Waals surface area contributed by atoms with Crippen LogP contribution in [0.1, 0.15) is 21.5 Å². The molecule has 5 heteroatoms. The lowest BCUT2D eigenvalue weighted by Crippen LogP contribution is -2.24. The summed E-state index contributed by atoms with van der Waals surface area (Å²) in [5, 5.41) is 2.74. The maximum Gasteiger partial charge on any atom is 0.255 e. The van der Waals surface area contributed by atoms with Crippen molar-refractivity contribution in [1.82, 2.24) is 5.32 Å². The highest BCUT2D eigenvalue weighted by Crippen LogP contribution is 2.22. The minimum absolute atomic E-state index is 0.115. The summed E-state index contributed by atoms with van der Waals surface area (Å²) in [5.41, 5.74) is 1.83. The number of amides is 1. The summed E-state index contributed by atoms with van der Waals surface area (Å²) in [6, 6.07) is 21.1. The van der Waals surface area contributed by atoms with Crippen LogP contribution in [0.15, 0.2) is 77.3 Å². The fraction of sp³-hybridized carbons (Fsp3) is 0.0952. The van der Waals surface area contributed by atoms with Crippen molar-refractivity contribution in [2.45, 2.75) is 13.2 Å². The number of halogens is 2. The highest BCUT2D eigenvalue weighted by Gasteiger charge is 2.13. The van der Waals surface area contributed by atoms with Crippen molar-refractivity contribution in [3.8, 4) is 5.75 Å². The Morgan fingerprint density at radius 3 is 2.35 bits per heavy atom. The number of carbonyl (C=O) groups is 1. The smallest absolute Gasteiger partial charge is 0.255 e. The summed E-state index contributed by atoms with van der Waals surface area (Å²) < 4.78 is 20.5. The molecule has 0 saturated heterocycles. The molecule has 26 heavy (non-hydrogen) atoms. The lowest BCUT2D eigenvalue weighted by atomic mass is 10.1. The molecule has 3 nitrogen and oxygen atoms in total. The van der Waals surface area contributed by atoms with E-state index in [1.54, 1.807) is 36.4 Å². The SMILES string of the molecule is O=C(NCc1ccccc1F)c1ccccc1OCc1ccccc1Br. The first-order valence-electron chi connectivity index (χ1n) is 8.12. The van der Waals surface area contributed by atoms with Crippen LogP contribution in [0.25, 0.3) is 0 Å². The first-order chi connectivity index (χ1) is 12.6. The molecule has 0 spiro atoms. The van der Waals surface area contributed by atoms with Gasteiger partial charge in [0.2, 0.25) is 0 Å². The highest BCUT2D eigenvalue weighted by molar-refractivity contribution is 9.10. The molecule has 1 amide bonds. The second-order valence-corrected chi connectivity index (χ2v) is 6.50. The maximum atomic E-state index is 13.7. The number of nitrogens with one attached hydrogen (secondary N) is 1. The van der Waals surface area contributed by atoms with Gasteiger partial charge in [-0.2, -0.15) is 0 Å². The van der Waals surface area contributed by atoms with Crippen LogP contribution in [0.4, 0.5) is 4.39 Å². The fourth-order valence-electron chi connectivity index (χ4n) is 2.46. The van der Waals surface area contributed by atoms with Crippen molar-refractivity contribution < 1.29 is 13.9 Å². The van der Waals surface area contributed by atoms with Crippen molar-refractivity contribution in [1.29, 1.82) is 0 Å². The number of carbonyl (C=O) groups excluding carboxylic acids is 1. The lowest BCUT2D eigenvalue weighted by molar-refractivity contribution is 0.0946. The van der Waals surface area contributed by atoms with Crippen molar-refractivity contribution in [2.75, 3.05) is 0 Å². The average molecular weight is 414 g/mol. The Kier molecular flexibility index (Phi) is 6.02. The van der Waals surface area contributed by atoms with E-state index >= 15 is 0 Å². The van der Waals surface area contributed by atoms with Crippen LogP contribution in [0.5, 0.6) is 5.75 Å². The number of para-hydroxylation sites is 1. The minimum Gasteiger partial charge on any atom is -0.488 e. The van der Waals surface area contributed by atoms with E-state index in [1.807, 2.05) is 30.3 Å². The van der Waals surface area contributed by atoms with E-state index < -0.39 is 0 Å². The van der Waals surface area contributed by atoms with Gasteiger partial charge in [-0.15, -0.1) is 0 Å². The minimum atomic E-state index is -0.341. The molecular weight excluding hydrogens is 397 g/mol.